The minimum atomic E-state index is -0.683. The summed E-state index contributed by atoms with van der Waals surface area (Å²) in [6, 6.07) is 9.09. The molecule has 0 saturated heterocycles. The summed E-state index contributed by atoms with van der Waals surface area (Å²) in [4.78, 5) is 25.6. The highest BCUT2D eigenvalue weighted by molar-refractivity contribution is 6.08. The molecule has 2 rings (SSSR count). The maximum absolute atomic E-state index is 12.8. The molecule has 3 heteroatoms. The fourth-order valence-corrected chi connectivity index (χ4v) is 3.93. The molecule has 0 radical (unpaired) electrons. The van der Waals surface area contributed by atoms with Gasteiger partial charge in [-0.2, -0.15) is 0 Å². The van der Waals surface area contributed by atoms with Crippen LogP contribution in [0.2, 0.25) is 0 Å². The number of ketones is 1. The molecule has 0 aromatic heterocycles. The Hall–Kier alpha value is -1.64. The molecule has 0 aliphatic heterocycles. The third kappa shape index (κ3) is 5.17. The van der Waals surface area contributed by atoms with Gasteiger partial charge in [0.2, 0.25) is 0 Å². The van der Waals surface area contributed by atoms with Crippen LogP contribution in [-0.4, -0.2) is 17.9 Å². The molecule has 138 valence electrons. The Morgan fingerprint density at radius 3 is 2.44 bits per heavy atom. The van der Waals surface area contributed by atoms with Crippen LogP contribution in [0, 0.1) is 23.7 Å². The van der Waals surface area contributed by atoms with E-state index >= 15 is 0 Å². The van der Waals surface area contributed by atoms with Gasteiger partial charge in [-0.3, -0.25) is 9.59 Å². The second-order valence-corrected chi connectivity index (χ2v) is 7.87. The Balaban J connectivity index is 2.12. The van der Waals surface area contributed by atoms with Crippen molar-refractivity contribution < 1.29 is 14.3 Å². The van der Waals surface area contributed by atoms with Gasteiger partial charge in [0.1, 0.15) is 12.0 Å². The molecule has 0 spiro atoms. The molecular formula is C22H32O3. The fourth-order valence-electron chi connectivity index (χ4n) is 3.93. The van der Waals surface area contributed by atoms with Crippen molar-refractivity contribution >= 4 is 11.8 Å². The first-order chi connectivity index (χ1) is 11.9. The molecule has 4 atom stereocenters. The molecule has 1 fully saturated rings. The predicted octanol–water partition coefficient (Wildman–Crippen LogP) is 5.29. The molecular weight excluding hydrogens is 312 g/mol. The minimum Gasteiger partial charge on any atom is -0.462 e. The lowest BCUT2D eigenvalue weighted by molar-refractivity contribution is -0.159. The van der Waals surface area contributed by atoms with Gasteiger partial charge in [-0.25, -0.2) is 0 Å². The Morgan fingerprint density at radius 2 is 1.84 bits per heavy atom. The van der Waals surface area contributed by atoms with Gasteiger partial charge >= 0.3 is 5.97 Å². The highest BCUT2D eigenvalue weighted by Gasteiger charge is 2.36. The molecule has 1 aliphatic rings. The van der Waals surface area contributed by atoms with Crippen LogP contribution in [-0.2, 0) is 9.53 Å². The number of carbonyl (C=O) groups excluding carboxylic acids is 2. The summed E-state index contributed by atoms with van der Waals surface area (Å²) in [7, 11) is 0. The van der Waals surface area contributed by atoms with E-state index in [2.05, 4.69) is 20.8 Å². The lowest BCUT2D eigenvalue weighted by Crippen LogP contribution is -2.38. The first-order valence-electron chi connectivity index (χ1n) is 9.73. The van der Waals surface area contributed by atoms with Crippen LogP contribution in [0.25, 0.3) is 0 Å². The van der Waals surface area contributed by atoms with Crippen molar-refractivity contribution in [2.75, 3.05) is 0 Å². The van der Waals surface area contributed by atoms with E-state index in [0.29, 0.717) is 29.7 Å². The topological polar surface area (TPSA) is 43.4 Å². The standard InChI is InChI=1S/C22H32O3/c1-5-9-19(21(23)17-10-7-6-8-11-17)22(24)25-20-14-16(4)12-13-18(20)15(2)3/h6-8,10-11,15-16,18-20H,5,9,12-14H2,1-4H3/t16-,18-,19+,20+/m1/s1. The van der Waals surface area contributed by atoms with Gasteiger partial charge in [-0.05, 0) is 37.0 Å². The SMILES string of the molecule is CCC[C@H](C(=O)O[C@H]1C[C@H](C)CC[C@@H]1C(C)C)C(=O)c1ccccc1. The number of hydrogen-bond donors (Lipinski definition) is 0. The molecule has 1 aromatic rings. The van der Waals surface area contributed by atoms with E-state index in [1.807, 2.05) is 25.1 Å². The van der Waals surface area contributed by atoms with Crippen molar-refractivity contribution in [2.45, 2.75) is 65.9 Å². The molecule has 1 aromatic carbocycles. The van der Waals surface area contributed by atoms with E-state index in [-0.39, 0.29) is 17.9 Å². The number of Topliss-reactive ketones (excluding diaryl/α,β-unsaturated/α-hetero) is 1. The summed E-state index contributed by atoms with van der Waals surface area (Å²) < 4.78 is 5.93. The maximum atomic E-state index is 12.8. The van der Waals surface area contributed by atoms with Crippen molar-refractivity contribution in [3.8, 4) is 0 Å². The number of esters is 1. The lowest BCUT2D eigenvalue weighted by Gasteiger charge is -2.37. The molecule has 0 unspecified atom stereocenters. The molecule has 3 nitrogen and oxygen atoms in total. The normalized spacial score (nSPS) is 24.8. The predicted molar refractivity (Wildman–Crippen MR) is 100 cm³/mol. The number of carbonyl (C=O) groups is 2. The van der Waals surface area contributed by atoms with Gasteiger partial charge in [-0.1, -0.05) is 70.9 Å². The average Bonchev–Trinajstić information content (AvgIpc) is 2.59. The van der Waals surface area contributed by atoms with Crippen LogP contribution in [0.3, 0.4) is 0 Å². The third-order valence-corrected chi connectivity index (χ3v) is 5.47. The van der Waals surface area contributed by atoms with E-state index in [0.717, 1.165) is 19.3 Å². The largest absolute Gasteiger partial charge is 0.462 e. The van der Waals surface area contributed by atoms with E-state index in [1.165, 1.54) is 6.42 Å². The van der Waals surface area contributed by atoms with Gasteiger partial charge < -0.3 is 4.74 Å². The lowest BCUT2D eigenvalue weighted by atomic mass is 9.75. The summed E-state index contributed by atoms with van der Waals surface area (Å²) in [5.74, 6) is 0.326. The second-order valence-electron chi connectivity index (χ2n) is 7.87. The van der Waals surface area contributed by atoms with Crippen molar-refractivity contribution in [1.29, 1.82) is 0 Å². The second kappa shape index (κ2) is 9.17. The highest BCUT2D eigenvalue weighted by atomic mass is 16.5. The summed E-state index contributed by atoms with van der Waals surface area (Å²) >= 11 is 0. The number of ether oxygens (including phenoxy) is 1. The van der Waals surface area contributed by atoms with Crippen LogP contribution >= 0.6 is 0 Å². The Morgan fingerprint density at radius 1 is 1.16 bits per heavy atom. The van der Waals surface area contributed by atoms with Crippen molar-refractivity contribution in [3.63, 3.8) is 0 Å². The van der Waals surface area contributed by atoms with Crippen molar-refractivity contribution in [3.05, 3.63) is 35.9 Å². The number of rotatable bonds is 7. The smallest absolute Gasteiger partial charge is 0.317 e. The molecule has 0 bridgehead atoms. The first-order valence-corrected chi connectivity index (χ1v) is 9.73. The molecule has 0 heterocycles. The van der Waals surface area contributed by atoms with Gasteiger partial charge in [0.15, 0.2) is 5.78 Å². The van der Waals surface area contributed by atoms with Crippen molar-refractivity contribution in [1.82, 2.24) is 0 Å². The van der Waals surface area contributed by atoms with Crippen LogP contribution in [0.5, 0.6) is 0 Å². The minimum absolute atomic E-state index is 0.0563. The number of benzene rings is 1. The summed E-state index contributed by atoms with van der Waals surface area (Å²) in [5.41, 5.74) is 0.593. The Bertz CT molecular complexity index is 564. The monoisotopic (exact) mass is 344 g/mol. The third-order valence-electron chi connectivity index (χ3n) is 5.47. The summed E-state index contributed by atoms with van der Waals surface area (Å²) in [6.45, 7) is 8.61. The highest BCUT2D eigenvalue weighted by Crippen LogP contribution is 2.36. The van der Waals surface area contributed by atoms with Crippen LogP contribution in [0.4, 0.5) is 0 Å². The van der Waals surface area contributed by atoms with Gasteiger partial charge in [0.25, 0.3) is 0 Å². The zero-order chi connectivity index (χ0) is 18.4. The van der Waals surface area contributed by atoms with E-state index in [9.17, 15) is 9.59 Å². The Kier molecular flexibility index (Phi) is 7.22. The fraction of sp³-hybridized carbons (Fsp3) is 0.636. The molecule has 1 saturated carbocycles. The van der Waals surface area contributed by atoms with E-state index in [1.54, 1.807) is 12.1 Å². The summed E-state index contributed by atoms with van der Waals surface area (Å²) in [6.07, 6.45) is 4.47. The summed E-state index contributed by atoms with van der Waals surface area (Å²) in [5, 5.41) is 0. The number of hydrogen-bond acceptors (Lipinski definition) is 3. The molecule has 1 aliphatic carbocycles. The van der Waals surface area contributed by atoms with Gasteiger partial charge in [0, 0.05) is 5.56 Å². The average molecular weight is 344 g/mol. The van der Waals surface area contributed by atoms with Crippen LogP contribution in [0.15, 0.2) is 30.3 Å². The van der Waals surface area contributed by atoms with Crippen LogP contribution in [0.1, 0.15) is 70.2 Å². The first kappa shape index (κ1) is 19.7. The molecule has 25 heavy (non-hydrogen) atoms. The quantitative estimate of drug-likeness (QED) is 0.383. The molecule has 0 amide bonds. The van der Waals surface area contributed by atoms with E-state index < -0.39 is 5.92 Å². The zero-order valence-electron chi connectivity index (χ0n) is 16.0. The van der Waals surface area contributed by atoms with Gasteiger partial charge in [-0.15, -0.1) is 0 Å². The Labute approximate surface area is 152 Å². The van der Waals surface area contributed by atoms with Gasteiger partial charge in [0.05, 0.1) is 0 Å². The zero-order valence-corrected chi connectivity index (χ0v) is 16.0. The molecule has 0 N–H and O–H groups in total. The van der Waals surface area contributed by atoms with E-state index in [4.69, 9.17) is 4.74 Å². The maximum Gasteiger partial charge on any atom is 0.317 e. The van der Waals surface area contributed by atoms with Crippen LogP contribution < -0.4 is 0 Å². The van der Waals surface area contributed by atoms with Crippen molar-refractivity contribution in [2.24, 2.45) is 23.7 Å².